The zero-order valence-corrected chi connectivity index (χ0v) is 18.4. The first-order valence-corrected chi connectivity index (χ1v) is 10.2. The third-order valence-electron chi connectivity index (χ3n) is 5.05. The average molecular weight is 450 g/mol. The molecule has 9 nitrogen and oxygen atoms in total. The summed E-state index contributed by atoms with van der Waals surface area (Å²) in [4.78, 5) is 12.4. The summed E-state index contributed by atoms with van der Waals surface area (Å²) in [7, 11) is 3.19. The van der Waals surface area contributed by atoms with Crippen LogP contribution in [0.2, 0.25) is 0 Å². The molecule has 2 aromatic carbocycles. The molecule has 0 aliphatic carbocycles. The summed E-state index contributed by atoms with van der Waals surface area (Å²) in [6.45, 7) is 2.19. The molecule has 2 N–H and O–H groups in total. The quantitative estimate of drug-likeness (QED) is 0.420. The van der Waals surface area contributed by atoms with Gasteiger partial charge in [0, 0.05) is 18.2 Å². The van der Waals surface area contributed by atoms with E-state index in [0.29, 0.717) is 53.2 Å². The fourth-order valence-electron chi connectivity index (χ4n) is 3.38. The summed E-state index contributed by atoms with van der Waals surface area (Å²) >= 11 is 0. The minimum atomic E-state index is -0.354. The van der Waals surface area contributed by atoms with Crippen LogP contribution in [0.3, 0.4) is 0 Å². The first kappa shape index (κ1) is 22.0. The molecule has 2 heterocycles. The predicted molar refractivity (Wildman–Crippen MR) is 120 cm³/mol. The number of ether oxygens (including phenoxy) is 2. The number of aryl methyl sites for hydroxylation is 1. The van der Waals surface area contributed by atoms with Crippen LogP contribution in [-0.2, 0) is 6.42 Å². The molecule has 0 aliphatic rings. The van der Waals surface area contributed by atoms with Crippen LogP contribution in [0.15, 0.2) is 48.8 Å². The minimum Gasteiger partial charge on any atom is -0.493 e. The fraction of sp³-hybridized carbons (Fsp3) is 0.217. The molecule has 0 bridgehead atoms. The van der Waals surface area contributed by atoms with Gasteiger partial charge in [-0.1, -0.05) is 24.3 Å². The van der Waals surface area contributed by atoms with Crippen molar-refractivity contribution in [1.29, 1.82) is 0 Å². The molecule has 0 unspecified atom stereocenters. The Morgan fingerprint density at radius 2 is 1.94 bits per heavy atom. The summed E-state index contributed by atoms with van der Waals surface area (Å²) in [5, 5.41) is 17.4. The molecule has 33 heavy (non-hydrogen) atoms. The van der Waals surface area contributed by atoms with Gasteiger partial charge >= 0.3 is 0 Å². The van der Waals surface area contributed by atoms with Crippen molar-refractivity contribution in [1.82, 2.24) is 24.7 Å². The van der Waals surface area contributed by atoms with Crippen molar-refractivity contribution in [2.45, 2.75) is 13.3 Å². The van der Waals surface area contributed by atoms with Crippen molar-refractivity contribution in [2.24, 2.45) is 0 Å². The Bertz CT molecular complexity index is 1280. The third kappa shape index (κ3) is 4.69. The van der Waals surface area contributed by atoms with Gasteiger partial charge in [0.15, 0.2) is 23.1 Å². The van der Waals surface area contributed by atoms with E-state index in [-0.39, 0.29) is 11.7 Å². The van der Waals surface area contributed by atoms with Crippen molar-refractivity contribution < 1.29 is 19.0 Å². The lowest BCUT2D eigenvalue weighted by molar-refractivity contribution is 0.352. The molecule has 0 fully saturated rings. The van der Waals surface area contributed by atoms with Crippen LogP contribution in [0.1, 0.15) is 11.1 Å². The van der Waals surface area contributed by atoms with Crippen molar-refractivity contribution in [2.75, 3.05) is 26.1 Å². The zero-order chi connectivity index (χ0) is 23.4. The molecular formula is C23H23FN6O3. The van der Waals surface area contributed by atoms with Crippen LogP contribution in [0.25, 0.3) is 17.2 Å². The van der Waals surface area contributed by atoms with E-state index in [1.54, 1.807) is 33.3 Å². The Balaban J connectivity index is 1.62. The maximum absolute atomic E-state index is 14.2. The Hall–Kier alpha value is -4.21. The molecular weight excluding hydrogens is 427 g/mol. The number of nitrogens with zero attached hydrogens (tertiary/aromatic N) is 5. The second kappa shape index (κ2) is 9.51. The van der Waals surface area contributed by atoms with Gasteiger partial charge in [-0.15, -0.1) is 5.10 Å². The number of methoxy groups -OCH3 is 2. The Kier molecular flexibility index (Phi) is 6.34. The van der Waals surface area contributed by atoms with Crippen LogP contribution < -0.4 is 14.8 Å². The van der Waals surface area contributed by atoms with Gasteiger partial charge in [0.2, 0.25) is 11.8 Å². The minimum absolute atomic E-state index is 0.212. The number of benzene rings is 2. The number of aromatic nitrogens is 5. The van der Waals surface area contributed by atoms with Gasteiger partial charge in [0.25, 0.3) is 0 Å². The number of aromatic hydroxyl groups is 1. The van der Waals surface area contributed by atoms with Crippen LogP contribution in [0, 0.1) is 12.7 Å². The van der Waals surface area contributed by atoms with E-state index in [1.165, 1.54) is 23.1 Å². The smallest absolute Gasteiger partial charge is 0.243 e. The second-order valence-electron chi connectivity index (χ2n) is 7.20. The summed E-state index contributed by atoms with van der Waals surface area (Å²) in [6.07, 6.45) is 1.84. The summed E-state index contributed by atoms with van der Waals surface area (Å²) in [6, 6.07) is 11.9. The monoisotopic (exact) mass is 450 g/mol. The Labute approximate surface area is 189 Å². The lowest BCUT2D eigenvalue weighted by Gasteiger charge is -2.12. The van der Waals surface area contributed by atoms with Gasteiger partial charge in [0.1, 0.15) is 12.1 Å². The van der Waals surface area contributed by atoms with E-state index < -0.39 is 0 Å². The SMILES string of the molecule is COc1cccc(CCNc2nc(-c3ccc(C)c(F)c3)n(-c3cc(O)ncn3)n2)c1OC. The Morgan fingerprint density at radius 3 is 2.67 bits per heavy atom. The number of hydrogen-bond acceptors (Lipinski definition) is 8. The highest BCUT2D eigenvalue weighted by Gasteiger charge is 2.17. The van der Waals surface area contributed by atoms with Crippen molar-refractivity contribution in [3.05, 3.63) is 65.7 Å². The lowest BCUT2D eigenvalue weighted by atomic mass is 10.1. The van der Waals surface area contributed by atoms with Gasteiger partial charge in [0.05, 0.1) is 14.2 Å². The number of nitrogens with one attached hydrogen (secondary N) is 1. The molecule has 0 amide bonds. The van der Waals surface area contributed by atoms with E-state index in [2.05, 4.69) is 25.4 Å². The van der Waals surface area contributed by atoms with Gasteiger partial charge in [-0.2, -0.15) is 9.67 Å². The van der Waals surface area contributed by atoms with Crippen molar-refractivity contribution in [3.8, 4) is 34.6 Å². The number of para-hydroxylation sites is 1. The van der Waals surface area contributed by atoms with E-state index >= 15 is 0 Å². The number of halogens is 1. The summed E-state index contributed by atoms with van der Waals surface area (Å²) in [5.74, 6) is 1.76. The molecule has 0 aliphatic heterocycles. The topological polar surface area (TPSA) is 107 Å². The number of rotatable bonds is 8. The van der Waals surface area contributed by atoms with Crippen LogP contribution in [0.5, 0.6) is 17.4 Å². The predicted octanol–water partition coefficient (Wildman–Crippen LogP) is 3.55. The molecule has 0 saturated heterocycles. The summed E-state index contributed by atoms with van der Waals surface area (Å²) in [5.41, 5.74) is 2.01. The molecule has 0 atom stereocenters. The van der Waals surface area contributed by atoms with E-state index in [1.807, 2.05) is 18.2 Å². The normalized spacial score (nSPS) is 10.8. The van der Waals surface area contributed by atoms with Crippen molar-refractivity contribution >= 4 is 5.95 Å². The lowest BCUT2D eigenvalue weighted by Crippen LogP contribution is -2.08. The maximum atomic E-state index is 14.2. The standard InChI is InChI=1S/C23H23FN6O3/c1-14-7-8-16(11-17(14)24)22-28-23(29-30(22)19-12-20(31)27-13-26-19)25-10-9-15-5-4-6-18(32-2)21(15)33-3/h4-8,11-13H,9-10H2,1-3H3,(H,25,29)(H,26,27,31). The second-order valence-corrected chi connectivity index (χ2v) is 7.20. The highest BCUT2D eigenvalue weighted by molar-refractivity contribution is 5.60. The highest BCUT2D eigenvalue weighted by Crippen LogP contribution is 2.31. The molecule has 0 spiro atoms. The van der Waals surface area contributed by atoms with Crippen LogP contribution in [-0.4, -0.2) is 50.6 Å². The number of hydrogen-bond donors (Lipinski definition) is 2. The Morgan fingerprint density at radius 1 is 1.09 bits per heavy atom. The fourth-order valence-corrected chi connectivity index (χ4v) is 3.38. The zero-order valence-electron chi connectivity index (χ0n) is 18.4. The van der Waals surface area contributed by atoms with Crippen LogP contribution in [0.4, 0.5) is 10.3 Å². The van der Waals surface area contributed by atoms with E-state index in [9.17, 15) is 9.50 Å². The summed E-state index contributed by atoms with van der Waals surface area (Å²) < 4.78 is 26.5. The molecule has 0 radical (unpaired) electrons. The molecule has 170 valence electrons. The van der Waals surface area contributed by atoms with E-state index in [0.717, 1.165) is 5.56 Å². The van der Waals surface area contributed by atoms with Gasteiger partial charge in [-0.25, -0.2) is 14.4 Å². The third-order valence-corrected chi connectivity index (χ3v) is 5.05. The molecule has 4 aromatic rings. The average Bonchev–Trinajstić information content (AvgIpc) is 3.25. The molecule has 0 saturated carbocycles. The first-order valence-electron chi connectivity index (χ1n) is 10.2. The molecule has 4 rings (SSSR count). The maximum Gasteiger partial charge on any atom is 0.243 e. The van der Waals surface area contributed by atoms with Crippen molar-refractivity contribution in [3.63, 3.8) is 0 Å². The van der Waals surface area contributed by atoms with Gasteiger partial charge < -0.3 is 19.9 Å². The number of anilines is 1. The largest absolute Gasteiger partial charge is 0.493 e. The molecule has 10 heteroatoms. The van der Waals surface area contributed by atoms with Crippen LogP contribution >= 0.6 is 0 Å². The molecule has 2 aromatic heterocycles. The van der Waals surface area contributed by atoms with Gasteiger partial charge in [-0.3, -0.25) is 0 Å². The highest BCUT2D eigenvalue weighted by atomic mass is 19.1. The van der Waals surface area contributed by atoms with E-state index in [4.69, 9.17) is 9.47 Å². The van der Waals surface area contributed by atoms with Gasteiger partial charge in [-0.05, 0) is 36.6 Å². The first-order chi connectivity index (χ1) is 16.0.